The van der Waals surface area contributed by atoms with Gasteiger partial charge in [0.05, 0.1) is 16.7 Å². The molecule has 0 radical (unpaired) electrons. The smallest absolute Gasteiger partial charge is 0.0620 e. The van der Waals surface area contributed by atoms with Crippen LogP contribution in [0.25, 0.3) is 80.0 Å². The number of hydrogen-bond acceptors (Lipinski definition) is 2. The van der Waals surface area contributed by atoms with Crippen LogP contribution in [0.5, 0.6) is 0 Å². The van der Waals surface area contributed by atoms with E-state index in [2.05, 4.69) is 191 Å². The highest BCUT2D eigenvalue weighted by Crippen LogP contribution is 2.47. The molecule has 0 bridgehead atoms. The van der Waals surface area contributed by atoms with Crippen molar-refractivity contribution in [2.24, 2.45) is 0 Å². The Balaban J connectivity index is 1.22. The van der Waals surface area contributed by atoms with Gasteiger partial charge in [-0.3, -0.25) is 0 Å². The first-order chi connectivity index (χ1) is 25.3. The number of fused-ring (bicyclic) bond motifs is 11. The molecule has 2 nitrogen and oxygen atoms in total. The molecule has 2 aromatic heterocycles. The van der Waals surface area contributed by atoms with Gasteiger partial charge < -0.3 is 9.47 Å². The topological polar surface area (TPSA) is 8.17 Å². The summed E-state index contributed by atoms with van der Waals surface area (Å²) in [5.41, 5.74) is 7.00. The second-order valence-corrected chi connectivity index (χ2v) is 14.4. The highest BCUT2D eigenvalue weighted by atomic mass is 32.1. The number of nitrogens with zero attached hydrogens (tertiary/aromatic N) is 2. The Hall–Kier alpha value is -6.42. The Morgan fingerprint density at radius 2 is 1.08 bits per heavy atom. The van der Waals surface area contributed by atoms with Gasteiger partial charge >= 0.3 is 0 Å². The predicted molar refractivity (Wildman–Crippen MR) is 221 cm³/mol. The van der Waals surface area contributed by atoms with Gasteiger partial charge in [-0.2, -0.15) is 0 Å². The van der Waals surface area contributed by atoms with E-state index in [0.29, 0.717) is 0 Å². The average molecular weight is 667 g/mol. The van der Waals surface area contributed by atoms with Crippen molar-refractivity contribution in [3.63, 3.8) is 0 Å². The molecule has 238 valence electrons. The molecule has 0 aliphatic rings. The Kier molecular flexibility index (Phi) is 6.16. The monoisotopic (exact) mass is 666 g/mol. The fourth-order valence-corrected chi connectivity index (χ4v) is 9.49. The summed E-state index contributed by atoms with van der Waals surface area (Å²) in [4.78, 5) is 2.45. The second-order valence-electron chi connectivity index (χ2n) is 13.3. The van der Waals surface area contributed by atoms with Gasteiger partial charge in [0, 0.05) is 53.4 Å². The first-order valence-corrected chi connectivity index (χ1v) is 18.3. The maximum Gasteiger partial charge on any atom is 0.0620 e. The standard InChI is InChI=1S/C48H30N2S/c1-2-15-35(16-3-1)49(37-25-28-40-41-26-22-33-13-7-9-18-39(33)48(41)51-45(40)30-37)43-19-10-20-44-46(43)42-27-23-32-12-6-8-17-38(32)47(42)50(44)36-24-21-31-11-4-5-14-34(31)29-36/h1-30H. The molecule has 0 amide bonds. The predicted octanol–water partition coefficient (Wildman–Crippen LogP) is 14.1. The second kappa shape index (κ2) is 11.0. The zero-order valence-corrected chi connectivity index (χ0v) is 28.4. The molecule has 0 N–H and O–H groups in total. The highest BCUT2D eigenvalue weighted by Gasteiger charge is 2.23. The van der Waals surface area contributed by atoms with Gasteiger partial charge in [-0.15, -0.1) is 11.3 Å². The minimum Gasteiger partial charge on any atom is -0.310 e. The summed E-state index contributed by atoms with van der Waals surface area (Å²) in [5, 5.41) is 12.6. The number of benzene rings is 9. The molecule has 11 rings (SSSR count). The highest BCUT2D eigenvalue weighted by molar-refractivity contribution is 7.26. The number of thiophene rings is 1. The summed E-state index contributed by atoms with van der Waals surface area (Å²) in [7, 11) is 0. The Morgan fingerprint density at radius 1 is 0.412 bits per heavy atom. The Morgan fingerprint density at radius 3 is 1.92 bits per heavy atom. The third-order valence-electron chi connectivity index (χ3n) is 10.5. The van der Waals surface area contributed by atoms with Crippen LogP contribution in [0.15, 0.2) is 182 Å². The van der Waals surface area contributed by atoms with Crippen LogP contribution < -0.4 is 4.90 Å². The average Bonchev–Trinajstić information content (AvgIpc) is 3.75. The lowest BCUT2D eigenvalue weighted by Crippen LogP contribution is -2.10. The van der Waals surface area contributed by atoms with Gasteiger partial charge in [-0.25, -0.2) is 0 Å². The fourth-order valence-electron chi connectivity index (χ4n) is 8.22. The maximum atomic E-state index is 2.48. The van der Waals surface area contributed by atoms with Crippen molar-refractivity contribution in [3.8, 4) is 5.69 Å². The molecular formula is C48H30N2S. The van der Waals surface area contributed by atoms with Crippen molar-refractivity contribution in [1.29, 1.82) is 0 Å². The van der Waals surface area contributed by atoms with Crippen LogP contribution in [0.3, 0.4) is 0 Å². The molecule has 2 heterocycles. The molecule has 0 spiro atoms. The lowest BCUT2D eigenvalue weighted by molar-refractivity contribution is 1.19. The molecule has 0 saturated heterocycles. The minimum absolute atomic E-state index is 1.13. The molecule has 51 heavy (non-hydrogen) atoms. The molecule has 3 heteroatoms. The Bertz CT molecular complexity index is 3150. The zero-order valence-electron chi connectivity index (χ0n) is 27.6. The van der Waals surface area contributed by atoms with E-state index in [-0.39, 0.29) is 0 Å². The summed E-state index contributed by atoms with van der Waals surface area (Å²) in [6.45, 7) is 0. The van der Waals surface area contributed by atoms with E-state index >= 15 is 0 Å². The number of hydrogen-bond donors (Lipinski definition) is 0. The molecule has 0 aliphatic carbocycles. The summed E-state index contributed by atoms with van der Waals surface area (Å²) in [5.74, 6) is 0. The van der Waals surface area contributed by atoms with E-state index in [9.17, 15) is 0 Å². The van der Waals surface area contributed by atoms with Crippen LogP contribution in [-0.2, 0) is 0 Å². The number of rotatable bonds is 4. The molecular weight excluding hydrogens is 637 g/mol. The van der Waals surface area contributed by atoms with Crippen LogP contribution in [0.4, 0.5) is 17.1 Å². The summed E-state index contributed by atoms with van der Waals surface area (Å²) >= 11 is 1.89. The first kappa shape index (κ1) is 28.4. The summed E-state index contributed by atoms with van der Waals surface area (Å²) in [6.07, 6.45) is 0. The molecule has 0 saturated carbocycles. The Labute approximate surface area is 298 Å². The van der Waals surface area contributed by atoms with Gasteiger partial charge in [-0.1, -0.05) is 133 Å². The van der Waals surface area contributed by atoms with Crippen molar-refractivity contribution in [3.05, 3.63) is 182 Å². The first-order valence-electron chi connectivity index (χ1n) is 17.4. The molecule has 0 aliphatic heterocycles. The normalized spacial score (nSPS) is 11.9. The van der Waals surface area contributed by atoms with E-state index in [0.717, 1.165) is 22.7 Å². The van der Waals surface area contributed by atoms with Crippen molar-refractivity contribution in [2.45, 2.75) is 0 Å². The van der Waals surface area contributed by atoms with Gasteiger partial charge in [0.15, 0.2) is 0 Å². The summed E-state index contributed by atoms with van der Waals surface area (Å²) in [6, 6.07) is 66.7. The van der Waals surface area contributed by atoms with Crippen molar-refractivity contribution in [1.82, 2.24) is 4.57 Å². The van der Waals surface area contributed by atoms with Gasteiger partial charge in [-0.05, 0) is 75.5 Å². The van der Waals surface area contributed by atoms with Crippen molar-refractivity contribution in [2.75, 3.05) is 4.90 Å². The molecule has 0 atom stereocenters. The zero-order chi connectivity index (χ0) is 33.5. The fraction of sp³-hybridized carbons (Fsp3) is 0. The lowest BCUT2D eigenvalue weighted by atomic mass is 10.0. The molecule has 9 aromatic carbocycles. The molecule has 11 aromatic rings. The lowest BCUT2D eigenvalue weighted by Gasteiger charge is -2.26. The van der Waals surface area contributed by atoms with Gasteiger partial charge in [0.2, 0.25) is 0 Å². The van der Waals surface area contributed by atoms with E-state index in [1.54, 1.807) is 0 Å². The van der Waals surface area contributed by atoms with E-state index < -0.39 is 0 Å². The van der Waals surface area contributed by atoms with Crippen LogP contribution in [-0.4, -0.2) is 4.57 Å². The summed E-state index contributed by atoms with van der Waals surface area (Å²) < 4.78 is 5.11. The number of anilines is 3. The molecule has 0 unspecified atom stereocenters. The van der Waals surface area contributed by atoms with Crippen LogP contribution >= 0.6 is 11.3 Å². The van der Waals surface area contributed by atoms with Crippen LogP contribution in [0.2, 0.25) is 0 Å². The van der Waals surface area contributed by atoms with Crippen molar-refractivity contribution >= 4 is 103 Å². The van der Waals surface area contributed by atoms with Gasteiger partial charge in [0.1, 0.15) is 0 Å². The third kappa shape index (κ3) is 4.29. The van der Waals surface area contributed by atoms with Crippen LogP contribution in [0, 0.1) is 0 Å². The quantitative estimate of drug-likeness (QED) is 0.181. The third-order valence-corrected chi connectivity index (χ3v) is 11.7. The van der Waals surface area contributed by atoms with E-state index in [1.807, 2.05) is 11.3 Å². The SMILES string of the molecule is c1ccc(N(c2ccc3c(c2)sc2c4ccccc4ccc32)c2cccc3c2c2ccc4ccccc4c2n3-c2ccc3ccccc3c2)cc1. The number of aromatic nitrogens is 1. The largest absolute Gasteiger partial charge is 0.310 e. The molecule has 0 fully saturated rings. The van der Waals surface area contributed by atoms with Gasteiger partial charge in [0.25, 0.3) is 0 Å². The maximum absolute atomic E-state index is 2.48. The van der Waals surface area contributed by atoms with Crippen molar-refractivity contribution < 1.29 is 0 Å². The van der Waals surface area contributed by atoms with Crippen LogP contribution in [0.1, 0.15) is 0 Å². The minimum atomic E-state index is 1.13. The number of para-hydroxylation sites is 1. The van der Waals surface area contributed by atoms with E-state index in [1.165, 1.54) is 74.3 Å². The van der Waals surface area contributed by atoms with E-state index in [4.69, 9.17) is 0 Å².